The maximum Gasteiger partial charge on any atom is 0.207 e. The fourth-order valence-electron chi connectivity index (χ4n) is 2.71. The Hall–Kier alpha value is -2.18. The maximum absolute atomic E-state index is 11.9. The number of rotatable bonds is 5. The Morgan fingerprint density at radius 2 is 2.04 bits per heavy atom. The lowest BCUT2D eigenvalue weighted by atomic mass is 10.2. The normalized spacial score (nSPS) is 11.2. The summed E-state index contributed by atoms with van der Waals surface area (Å²) in [4.78, 5) is 14.0. The molecule has 0 radical (unpaired) electrons. The van der Waals surface area contributed by atoms with Gasteiger partial charge in [-0.15, -0.1) is 0 Å². The third-order valence-electron chi connectivity index (χ3n) is 3.82. The van der Waals surface area contributed by atoms with E-state index in [2.05, 4.69) is 25.9 Å². The molecule has 3 aromatic rings. The van der Waals surface area contributed by atoms with Gasteiger partial charge in [-0.2, -0.15) is 5.10 Å². The first kappa shape index (κ1) is 16.7. The monoisotopic (exact) mass is 387 g/mol. The Bertz CT molecular complexity index is 924. The summed E-state index contributed by atoms with van der Waals surface area (Å²) < 4.78 is 8.27. The van der Waals surface area contributed by atoms with Crippen LogP contribution in [-0.4, -0.2) is 28.8 Å². The van der Waals surface area contributed by atoms with E-state index in [1.54, 1.807) is 7.11 Å². The zero-order valence-electron chi connectivity index (χ0n) is 13.6. The van der Waals surface area contributed by atoms with Gasteiger partial charge < -0.3 is 4.74 Å². The molecule has 0 saturated heterocycles. The number of halogens is 1. The molecule has 2 aromatic carbocycles. The van der Waals surface area contributed by atoms with Gasteiger partial charge in [-0.3, -0.25) is 14.4 Å². The zero-order valence-corrected chi connectivity index (χ0v) is 15.2. The molecular formula is C18H18BrN3O2. The molecule has 0 N–H and O–H groups in total. The van der Waals surface area contributed by atoms with Crippen LogP contribution in [0.15, 0.2) is 57.9 Å². The van der Waals surface area contributed by atoms with E-state index >= 15 is 0 Å². The second-order valence-corrected chi connectivity index (χ2v) is 6.55. The van der Waals surface area contributed by atoms with E-state index in [1.165, 1.54) is 6.20 Å². The summed E-state index contributed by atoms with van der Waals surface area (Å²) in [5.74, 6) is 0.850. The van der Waals surface area contributed by atoms with Crippen molar-refractivity contribution in [3.05, 3.63) is 68.9 Å². The highest BCUT2D eigenvalue weighted by molar-refractivity contribution is 9.10. The lowest BCUT2D eigenvalue weighted by molar-refractivity contribution is 0.246. The smallest absolute Gasteiger partial charge is 0.207 e. The van der Waals surface area contributed by atoms with Crippen LogP contribution in [0, 0.1) is 0 Å². The molecule has 0 unspecified atom stereocenters. The average Bonchev–Trinajstić information content (AvgIpc) is 2.58. The van der Waals surface area contributed by atoms with Gasteiger partial charge in [0, 0.05) is 22.0 Å². The van der Waals surface area contributed by atoms with E-state index < -0.39 is 0 Å². The van der Waals surface area contributed by atoms with Crippen molar-refractivity contribution >= 4 is 26.8 Å². The third kappa shape index (κ3) is 3.49. The van der Waals surface area contributed by atoms with Gasteiger partial charge in [0.1, 0.15) is 5.75 Å². The van der Waals surface area contributed by atoms with Gasteiger partial charge in [-0.05, 0) is 37.4 Å². The molecule has 0 bridgehead atoms. The number of ether oxygens (including phenoxy) is 1. The molecule has 0 spiro atoms. The van der Waals surface area contributed by atoms with Crippen molar-refractivity contribution in [1.29, 1.82) is 0 Å². The van der Waals surface area contributed by atoms with Crippen LogP contribution in [0.4, 0.5) is 0 Å². The number of hydrogen-bond donors (Lipinski definition) is 0. The number of benzene rings is 2. The van der Waals surface area contributed by atoms with Gasteiger partial charge in [0.2, 0.25) is 5.43 Å². The number of fused-ring (bicyclic) bond motifs is 1. The Kier molecular flexibility index (Phi) is 4.97. The Morgan fingerprint density at radius 1 is 1.25 bits per heavy atom. The van der Waals surface area contributed by atoms with E-state index in [-0.39, 0.29) is 5.43 Å². The van der Waals surface area contributed by atoms with Crippen molar-refractivity contribution in [3.63, 3.8) is 0 Å². The molecule has 1 aromatic heterocycles. The molecule has 6 heteroatoms. The van der Waals surface area contributed by atoms with Gasteiger partial charge in [-0.25, -0.2) is 0 Å². The minimum Gasteiger partial charge on any atom is -0.496 e. The second-order valence-electron chi connectivity index (χ2n) is 5.64. The highest BCUT2D eigenvalue weighted by atomic mass is 79.9. The first-order chi connectivity index (χ1) is 11.6. The molecule has 0 atom stereocenters. The van der Waals surface area contributed by atoms with Gasteiger partial charge in [0.15, 0.2) is 0 Å². The van der Waals surface area contributed by atoms with Crippen molar-refractivity contribution in [2.75, 3.05) is 14.2 Å². The molecule has 24 heavy (non-hydrogen) atoms. The first-order valence-electron chi connectivity index (χ1n) is 7.54. The molecule has 5 nitrogen and oxygen atoms in total. The van der Waals surface area contributed by atoms with Gasteiger partial charge in [0.25, 0.3) is 0 Å². The number of nitrogens with zero attached hydrogens (tertiary/aromatic N) is 3. The van der Waals surface area contributed by atoms with Crippen LogP contribution in [0.1, 0.15) is 5.56 Å². The minimum atomic E-state index is -0.0573. The number of aromatic nitrogens is 2. The Labute approximate surface area is 148 Å². The lowest BCUT2D eigenvalue weighted by Gasteiger charge is -2.20. The summed E-state index contributed by atoms with van der Waals surface area (Å²) in [7, 11) is 3.68. The molecule has 3 rings (SSSR count). The van der Waals surface area contributed by atoms with Crippen LogP contribution in [0.5, 0.6) is 5.75 Å². The van der Waals surface area contributed by atoms with Crippen molar-refractivity contribution in [2.45, 2.75) is 13.2 Å². The Morgan fingerprint density at radius 3 is 2.83 bits per heavy atom. The van der Waals surface area contributed by atoms with E-state index in [0.29, 0.717) is 18.6 Å². The van der Waals surface area contributed by atoms with E-state index in [9.17, 15) is 4.79 Å². The number of hydrogen-bond acceptors (Lipinski definition) is 4. The molecular weight excluding hydrogens is 370 g/mol. The average molecular weight is 388 g/mol. The third-order valence-corrected chi connectivity index (χ3v) is 4.31. The first-order valence-corrected chi connectivity index (χ1v) is 8.33. The van der Waals surface area contributed by atoms with Crippen LogP contribution in [0.3, 0.4) is 0 Å². The maximum atomic E-state index is 11.9. The largest absolute Gasteiger partial charge is 0.496 e. The van der Waals surface area contributed by atoms with Crippen LogP contribution in [0.2, 0.25) is 0 Å². The van der Waals surface area contributed by atoms with E-state index in [0.717, 1.165) is 21.3 Å². The summed E-state index contributed by atoms with van der Waals surface area (Å²) in [5, 5.41) is 4.95. The summed E-state index contributed by atoms with van der Waals surface area (Å²) >= 11 is 3.50. The second kappa shape index (κ2) is 7.15. The van der Waals surface area contributed by atoms with E-state index in [4.69, 9.17) is 4.74 Å². The Balaban J connectivity index is 1.86. The topological polar surface area (TPSA) is 47.4 Å². The SMILES string of the molecule is COc1ccc(Br)cc1CN(C)Cn1ncc(=O)c2ccccc21. The quantitative estimate of drug-likeness (QED) is 0.673. The van der Waals surface area contributed by atoms with Gasteiger partial charge >= 0.3 is 0 Å². The van der Waals surface area contributed by atoms with Crippen LogP contribution in [-0.2, 0) is 13.2 Å². The summed E-state index contributed by atoms with van der Waals surface area (Å²) in [6.45, 7) is 1.27. The van der Waals surface area contributed by atoms with Crippen molar-refractivity contribution in [1.82, 2.24) is 14.7 Å². The molecule has 0 saturated carbocycles. The lowest BCUT2D eigenvalue weighted by Crippen LogP contribution is -2.25. The van der Waals surface area contributed by atoms with E-state index in [1.807, 2.05) is 54.2 Å². The summed E-state index contributed by atoms with van der Waals surface area (Å²) in [5.41, 5.74) is 1.86. The number of para-hydroxylation sites is 1. The molecule has 124 valence electrons. The summed E-state index contributed by atoms with van der Waals surface area (Å²) in [6, 6.07) is 13.5. The fraction of sp³-hybridized carbons (Fsp3) is 0.222. The highest BCUT2D eigenvalue weighted by Gasteiger charge is 2.10. The predicted molar refractivity (Wildman–Crippen MR) is 98.2 cm³/mol. The molecule has 0 amide bonds. The molecule has 0 aliphatic rings. The predicted octanol–water partition coefficient (Wildman–Crippen LogP) is 3.26. The van der Waals surface area contributed by atoms with Gasteiger partial charge in [-0.1, -0.05) is 28.1 Å². The van der Waals surface area contributed by atoms with Crippen LogP contribution in [0.25, 0.3) is 10.9 Å². The molecule has 0 fully saturated rings. The summed E-state index contributed by atoms with van der Waals surface area (Å²) in [6.07, 6.45) is 1.37. The van der Waals surface area contributed by atoms with Crippen LogP contribution >= 0.6 is 15.9 Å². The zero-order chi connectivity index (χ0) is 17.1. The molecule has 1 heterocycles. The standard InChI is InChI=1S/C18H18BrN3O2/c1-21(11-13-9-14(19)7-8-18(13)24-2)12-22-16-6-4-3-5-15(16)17(23)10-20-22/h3-10H,11-12H2,1-2H3. The van der Waals surface area contributed by atoms with Crippen molar-refractivity contribution < 1.29 is 4.74 Å². The highest BCUT2D eigenvalue weighted by Crippen LogP contribution is 2.24. The van der Waals surface area contributed by atoms with Crippen molar-refractivity contribution in [2.24, 2.45) is 0 Å². The molecule has 0 aliphatic carbocycles. The van der Waals surface area contributed by atoms with Crippen LogP contribution < -0.4 is 10.2 Å². The fourth-order valence-corrected chi connectivity index (χ4v) is 3.12. The number of methoxy groups -OCH3 is 1. The van der Waals surface area contributed by atoms with Crippen molar-refractivity contribution in [3.8, 4) is 5.75 Å². The minimum absolute atomic E-state index is 0.0573. The molecule has 0 aliphatic heterocycles. The van der Waals surface area contributed by atoms with Gasteiger partial charge in [0.05, 0.1) is 25.5 Å².